The monoisotopic (exact) mass is 528 g/mol. The van der Waals surface area contributed by atoms with E-state index in [4.69, 9.17) is 0 Å². The third-order valence-corrected chi connectivity index (χ3v) is 8.31. The SMILES string of the molecule is C1#C[Se]CCCC[Se]C#CC#C[Se]CCCC[Se]C#C1. The first kappa shape index (κ1) is 18.4. The van der Waals surface area contributed by atoms with Gasteiger partial charge in [-0.3, -0.25) is 0 Å². The van der Waals surface area contributed by atoms with Gasteiger partial charge in [-0.1, -0.05) is 0 Å². The van der Waals surface area contributed by atoms with Crippen LogP contribution in [0.2, 0.25) is 21.3 Å². The van der Waals surface area contributed by atoms with E-state index in [0.717, 1.165) is 0 Å². The van der Waals surface area contributed by atoms with Gasteiger partial charge in [0.15, 0.2) is 0 Å². The molecule has 0 amide bonds. The van der Waals surface area contributed by atoms with Crippen LogP contribution in [0.4, 0.5) is 0 Å². The Labute approximate surface area is 148 Å². The predicted molar refractivity (Wildman–Crippen MR) is 91.8 cm³/mol. The van der Waals surface area contributed by atoms with Crippen LogP contribution in [-0.2, 0) is 0 Å². The van der Waals surface area contributed by atoms with Crippen molar-refractivity contribution in [2.45, 2.75) is 47.0 Å². The third-order valence-electron chi connectivity index (χ3n) is 2.10. The van der Waals surface area contributed by atoms with Crippen LogP contribution < -0.4 is 0 Å². The van der Waals surface area contributed by atoms with Gasteiger partial charge in [-0.05, 0) is 0 Å². The molecule has 0 aromatic rings. The zero-order valence-corrected chi connectivity index (χ0v) is 18.1. The fraction of sp³-hybridized carbons (Fsp3) is 0.500. The van der Waals surface area contributed by atoms with Crippen molar-refractivity contribution in [3.8, 4) is 43.0 Å². The summed E-state index contributed by atoms with van der Waals surface area (Å²) in [4.78, 5) is 12.9. The van der Waals surface area contributed by atoms with Crippen molar-refractivity contribution in [1.29, 1.82) is 0 Å². The van der Waals surface area contributed by atoms with E-state index in [1.165, 1.54) is 47.0 Å². The molecule has 0 saturated carbocycles. The van der Waals surface area contributed by atoms with Crippen LogP contribution in [0.25, 0.3) is 0 Å². The zero-order valence-electron chi connectivity index (χ0n) is 11.3. The van der Waals surface area contributed by atoms with Crippen LogP contribution >= 0.6 is 0 Å². The summed E-state index contributed by atoms with van der Waals surface area (Å²) < 4.78 is 0. The first-order valence-electron chi connectivity index (χ1n) is 6.47. The molecule has 0 aromatic carbocycles. The quantitative estimate of drug-likeness (QED) is 0.336. The molecule has 0 atom stereocenters. The average Bonchev–Trinajstić information content (AvgIpc) is 2.46. The second-order valence-electron chi connectivity index (χ2n) is 3.72. The molecule has 0 radical (unpaired) electrons. The molecule has 20 heavy (non-hydrogen) atoms. The normalized spacial score (nSPS) is 17.6. The molecule has 1 heterocycles. The Morgan fingerprint density at radius 3 is 0.900 bits per heavy atom. The fourth-order valence-electron chi connectivity index (χ4n) is 1.15. The molecule has 0 fully saturated rings. The Morgan fingerprint density at radius 1 is 0.400 bits per heavy atom. The Balaban J connectivity index is 2.31. The van der Waals surface area contributed by atoms with Gasteiger partial charge in [-0.25, -0.2) is 0 Å². The fourth-order valence-corrected chi connectivity index (χ4v) is 5.96. The molecule has 0 aromatic heterocycles. The molecule has 0 saturated heterocycles. The van der Waals surface area contributed by atoms with Crippen LogP contribution in [0, 0.1) is 43.0 Å². The molecular formula is C16H16Se4. The summed E-state index contributed by atoms with van der Waals surface area (Å²) in [7, 11) is 0. The van der Waals surface area contributed by atoms with Crippen LogP contribution in [0.3, 0.4) is 0 Å². The molecule has 0 bridgehead atoms. The molecule has 1 aliphatic heterocycles. The van der Waals surface area contributed by atoms with E-state index in [2.05, 4.69) is 43.0 Å². The van der Waals surface area contributed by atoms with Crippen molar-refractivity contribution in [2.24, 2.45) is 0 Å². The third kappa shape index (κ3) is 13.3. The van der Waals surface area contributed by atoms with Gasteiger partial charge in [-0.15, -0.1) is 0 Å². The van der Waals surface area contributed by atoms with Gasteiger partial charge < -0.3 is 0 Å². The van der Waals surface area contributed by atoms with Crippen LogP contribution in [-0.4, -0.2) is 59.8 Å². The van der Waals surface area contributed by atoms with E-state index < -0.39 is 0 Å². The average molecular weight is 524 g/mol. The van der Waals surface area contributed by atoms with Gasteiger partial charge in [-0.2, -0.15) is 0 Å². The maximum atomic E-state index is 3.22. The van der Waals surface area contributed by atoms with Crippen molar-refractivity contribution >= 4 is 59.8 Å². The molecule has 0 aliphatic carbocycles. The molecule has 0 N–H and O–H groups in total. The van der Waals surface area contributed by atoms with Gasteiger partial charge in [0.1, 0.15) is 0 Å². The molecule has 0 nitrogen and oxygen atoms in total. The van der Waals surface area contributed by atoms with Gasteiger partial charge >= 0.3 is 150 Å². The van der Waals surface area contributed by atoms with E-state index in [0.29, 0.717) is 59.8 Å². The summed E-state index contributed by atoms with van der Waals surface area (Å²) in [6, 6.07) is 0. The first-order valence-corrected chi connectivity index (χ1v) is 14.7. The number of hydrogen-bond acceptors (Lipinski definition) is 0. The number of rotatable bonds is 0. The summed E-state index contributed by atoms with van der Waals surface area (Å²) in [5.74, 6) is 12.0. The van der Waals surface area contributed by atoms with Crippen molar-refractivity contribution in [3.05, 3.63) is 0 Å². The second kappa shape index (κ2) is 15.7. The zero-order chi connectivity index (χ0) is 14.1. The molecule has 0 spiro atoms. The Morgan fingerprint density at radius 2 is 0.650 bits per heavy atom. The van der Waals surface area contributed by atoms with E-state index in [-0.39, 0.29) is 0 Å². The minimum atomic E-state index is 0.467. The predicted octanol–water partition coefficient (Wildman–Crippen LogP) is 1.89. The molecule has 0 unspecified atom stereocenters. The Hall–Kier alpha value is 0.318. The second-order valence-corrected chi connectivity index (χ2v) is 11.3. The first-order chi connectivity index (χ1) is 10.0. The standard InChI is InChI=1S/C16H16Se4/c1-2-10-18-12-5-6-14-20-16-8-7-15-19-13-4-3-11-17-9-1/h1-2,7-10,15-16H2. The van der Waals surface area contributed by atoms with Crippen LogP contribution in [0.5, 0.6) is 0 Å². The van der Waals surface area contributed by atoms with E-state index >= 15 is 0 Å². The van der Waals surface area contributed by atoms with Gasteiger partial charge in [0.05, 0.1) is 0 Å². The maximum absolute atomic E-state index is 3.22. The minimum absolute atomic E-state index is 0.467. The van der Waals surface area contributed by atoms with Gasteiger partial charge in [0.2, 0.25) is 0 Å². The summed E-state index contributed by atoms with van der Waals surface area (Å²) in [5, 5.41) is 5.05. The Bertz CT molecular complexity index is 398. The molecule has 1 aliphatic rings. The topological polar surface area (TPSA) is 0 Å². The molecule has 4 heteroatoms. The van der Waals surface area contributed by atoms with Crippen LogP contribution in [0.1, 0.15) is 25.7 Å². The van der Waals surface area contributed by atoms with Gasteiger partial charge in [0.25, 0.3) is 0 Å². The van der Waals surface area contributed by atoms with E-state index in [1.807, 2.05) is 0 Å². The van der Waals surface area contributed by atoms with Crippen molar-refractivity contribution < 1.29 is 0 Å². The summed E-state index contributed by atoms with van der Waals surface area (Å²) >= 11 is 1.87. The summed E-state index contributed by atoms with van der Waals surface area (Å²) in [5.41, 5.74) is 0. The summed E-state index contributed by atoms with van der Waals surface area (Å²) in [6.07, 6.45) is 5.18. The number of hydrogen-bond donors (Lipinski definition) is 0. The molecule has 1 rings (SSSR count). The van der Waals surface area contributed by atoms with Crippen molar-refractivity contribution in [3.63, 3.8) is 0 Å². The Kier molecular flexibility index (Phi) is 14.4. The van der Waals surface area contributed by atoms with E-state index in [9.17, 15) is 0 Å². The summed E-state index contributed by atoms with van der Waals surface area (Å²) in [6.45, 7) is 0. The van der Waals surface area contributed by atoms with Gasteiger partial charge in [0, 0.05) is 0 Å². The van der Waals surface area contributed by atoms with Crippen molar-refractivity contribution in [2.75, 3.05) is 0 Å². The molecular weight excluding hydrogens is 508 g/mol. The van der Waals surface area contributed by atoms with E-state index in [1.54, 1.807) is 0 Å². The molecule has 104 valence electrons. The van der Waals surface area contributed by atoms with Crippen LogP contribution in [0.15, 0.2) is 0 Å². The van der Waals surface area contributed by atoms with Crippen molar-refractivity contribution in [1.82, 2.24) is 0 Å².